The van der Waals surface area contributed by atoms with E-state index in [1.165, 1.54) is 0 Å². The summed E-state index contributed by atoms with van der Waals surface area (Å²) in [5.74, 6) is 0.264. The number of ketones is 1. The fraction of sp³-hybridized carbons (Fsp3) is 0.545. The molecule has 0 saturated carbocycles. The van der Waals surface area contributed by atoms with Crippen molar-refractivity contribution in [3.63, 3.8) is 0 Å². The molecule has 0 saturated heterocycles. The summed E-state index contributed by atoms with van der Waals surface area (Å²) in [6, 6.07) is 4.02. The summed E-state index contributed by atoms with van der Waals surface area (Å²) in [6.07, 6.45) is 5.64. The normalized spacial score (nSPS) is 11.6. The molecule has 2 nitrogen and oxygen atoms in total. The summed E-state index contributed by atoms with van der Waals surface area (Å²) >= 11 is 0. The summed E-state index contributed by atoms with van der Waals surface area (Å²) in [7, 11) is 0. The van der Waals surface area contributed by atoms with Gasteiger partial charge in [-0.05, 0) is 39.3 Å². The molecule has 72 valence electrons. The van der Waals surface area contributed by atoms with Gasteiger partial charge in [-0.15, -0.1) is 0 Å². The molecular formula is C11H17NO. The third-order valence-electron chi connectivity index (χ3n) is 2.39. The molecule has 2 heteroatoms. The number of aromatic nitrogens is 1. The summed E-state index contributed by atoms with van der Waals surface area (Å²) < 4.78 is 2.15. The van der Waals surface area contributed by atoms with Crippen molar-refractivity contribution in [3.8, 4) is 0 Å². The molecule has 0 spiro atoms. The SMILES string of the molecule is CC(=O)CCC(C)(C)n1cccc1. The summed E-state index contributed by atoms with van der Waals surface area (Å²) in [4.78, 5) is 10.9. The third kappa shape index (κ3) is 2.72. The van der Waals surface area contributed by atoms with E-state index in [9.17, 15) is 4.79 Å². The Morgan fingerprint density at radius 1 is 1.31 bits per heavy atom. The van der Waals surface area contributed by atoms with Gasteiger partial charge in [0.1, 0.15) is 5.78 Å². The lowest BCUT2D eigenvalue weighted by Crippen LogP contribution is -2.25. The first kappa shape index (κ1) is 10.0. The predicted molar refractivity (Wildman–Crippen MR) is 53.7 cm³/mol. The fourth-order valence-electron chi connectivity index (χ4n) is 1.35. The first-order valence-corrected chi connectivity index (χ1v) is 4.65. The molecule has 0 aliphatic carbocycles. The number of hydrogen-bond acceptors (Lipinski definition) is 1. The average molecular weight is 179 g/mol. The first-order valence-electron chi connectivity index (χ1n) is 4.65. The van der Waals surface area contributed by atoms with Crippen LogP contribution >= 0.6 is 0 Å². The molecule has 0 unspecified atom stereocenters. The Labute approximate surface area is 79.6 Å². The van der Waals surface area contributed by atoms with Crippen molar-refractivity contribution in [2.75, 3.05) is 0 Å². The molecule has 13 heavy (non-hydrogen) atoms. The maximum absolute atomic E-state index is 10.9. The van der Waals surface area contributed by atoms with Crippen LogP contribution in [0, 0.1) is 0 Å². The topological polar surface area (TPSA) is 22.0 Å². The van der Waals surface area contributed by atoms with Crippen molar-refractivity contribution in [2.45, 2.75) is 39.2 Å². The van der Waals surface area contributed by atoms with Crippen molar-refractivity contribution in [3.05, 3.63) is 24.5 Å². The zero-order chi connectivity index (χ0) is 9.90. The molecule has 0 aliphatic heterocycles. The van der Waals surface area contributed by atoms with Crippen molar-refractivity contribution >= 4 is 5.78 Å². The minimum absolute atomic E-state index is 0.0508. The molecule has 1 aromatic heterocycles. The Hall–Kier alpha value is -1.05. The van der Waals surface area contributed by atoms with Crippen LogP contribution in [-0.2, 0) is 10.3 Å². The highest BCUT2D eigenvalue weighted by atomic mass is 16.1. The maximum atomic E-state index is 10.9. The second-order valence-electron chi connectivity index (χ2n) is 4.10. The highest BCUT2D eigenvalue weighted by Gasteiger charge is 2.18. The number of carbonyl (C=O) groups excluding carboxylic acids is 1. The molecule has 0 N–H and O–H groups in total. The smallest absolute Gasteiger partial charge is 0.129 e. The highest BCUT2D eigenvalue weighted by Crippen LogP contribution is 2.21. The van der Waals surface area contributed by atoms with Gasteiger partial charge in [0.15, 0.2) is 0 Å². The summed E-state index contributed by atoms with van der Waals surface area (Å²) in [5, 5.41) is 0. The molecule has 1 heterocycles. The van der Waals surface area contributed by atoms with E-state index < -0.39 is 0 Å². The molecule has 0 atom stereocenters. The van der Waals surface area contributed by atoms with Gasteiger partial charge in [-0.2, -0.15) is 0 Å². The van der Waals surface area contributed by atoms with Gasteiger partial charge in [0, 0.05) is 24.4 Å². The zero-order valence-electron chi connectivity index (χ0n) is 8.58. The number of hydrogen-bond donors (Lipinski definition) is 0. The van der Waals surface area contributed by atoms with Crippen LogP contribution in [0.1, 0.15) is 33.6 Å². The number of Topliss-reactive ketones (excluding diaryl/α,β-unsaturated/α-hetero) is 1. The van der Waals surface area contributed by atoms with E-state index in [4.69, 9.17) is 0 Å². The van der Waals surface area contributed by atoms with Crippen LogP contribution in [0.3, 0.4) is 0 Å². The van der Waals surface area contributed by atoms with Crippen LogP contribution in [-0.4, -0.2) is 10.4 Å². The molecule has 0 fully saturated rings. The van der Waals surface area contributed by atoms with E-state index in [2.05, 4.69) is 18.4 Å². The lowest BCUT2D eigenvalue weighted by atomic mass is 9.97. The molecule has 0 bridgehead atoms. The van der Waals surface area contributed by atoms with E-state index >= 15 is 0 Å². The highest BCUT2D eigenvalue weighted by molar-refractivity contribution is 5.75. The van der Waals surface area contributed by atoms with Crippen molar-refractivity contribution in [1.82, 2.24) is 4.57 Å². The molecule has 1 aromatic rings. The zero-order valence-corrected chi connectivity index (χ0v) is 8.58. The van der Waals surface area contributed by atoms with Gasteiger partial charge < -0.3 is 9.36 Å². The van der Waals surface area contributed by atoms with E-state index in [0.717, 1.165) is 6.42 Å². The van der Waals surface area contributed by atoms with Gasteiger partial charge in [0.05, 0.1) is 0 Å². The second kappa shape index (κ2) is 3.77. The van der Waals surface area contributed by atoms with Gasteiger partial charge in [0.25, 0.3) is 0 Å². The van der Waals surface area contributed by atoms with Gasteiger partial charge in [-0.25, -0.2) is 0 Å². The van der Waals surface area contributed by atoms with Gasteiger partial charge in [-0.1, -0.05) is 0 Å². The minimum Gasteiger partial charge on any atom is -0.349 e. The quantitative estimate of drug-likeness (QED) is 0.696. The molecule has 0 radical (unpaired) electrons. The Morgan fingerprint density at radius 3 is 2.31 bits per heavy atom. The van der Waals surface area contributed by atoms with Crippen LogP contribution in [0.4, 0.5) is 0 Å². The Kier molecular flexibility index (Phi) is 2.91. The van der Waals surface area contributed by atoms with Crippen LogP contribution in [0.25, 0.3) is 0 Å². The molecule has 0 amide bonds. The lowest BCUT2D eigenvalue weighted by Gasteiger charge is -2.26. The molecular weight excluding hydrogens is 162 g/mol. The Balaban J connectivity index is 2.61. The van der Waals surface area contributed by atoms with E-state index in [-0.39, 0.29) is 11.3 Å². The van der Waals surface area contributed by atoms with Crippen molar-refractivity contribution in [2.24, 2.45) is 0 Å². The number of rotatable bonds is 4. The molecule has 1 rings (SSSR count). The maximum Gasteiger partial charge on any atom is 0.129 e. The monoisotopic (exact) mass is 179 g/mol. The van der Waals surface area contributed by atoms with Gasteiger partial charge in [-0.3, -0.25) is 0 Å². The third-order valence-corrected chi connectivity index (χ3v) is 2.39. The van der Waals surface area contributed by atoms with E-state index in [1.807, 2.05) is 24.5 Å². The Morgan fingerprint density at radius 2 is 1.85 bits per heavy atom. The van der Waals surface area contributed by atoms with E-state index in [1.54, 1.807) is 6.92 Å². The van der Waals surface area contributed by atoms with Crippen molar-refractivity contribution < 1.29 is 4.79 Å². The van der Waals surface area contributed by atoms with Crippen LogP contribution in [0.5, 0.6) is 0 Å². The standard InChI is InChI=1S/C11H17NO/c1-10(13)6-7-11(2,3)12-8-4-5-9-12/h4-5,8-9H,6-7H2,1-3H3. The average Bonchev–Trinajstić information content (AvgIpc) is 2.53. The fourth-order valence-corrected chi connectivity index (χ4v) is 1.35. The second-order valence-corrected chi connectivity index (χ2v) is 4.10. The van der Waals surface area contributed by atoms with Crippen LogP contribution < -0.4 is 0 Å². The Bertz CT molecular complexity index is 272. The number of nitrogens with zero attached hydrogens (tertiary/aromatic N) is 1. The molecule has 0 aliphatic rings. The lowest BCUT2D eigenvalue weighted by molar-refractivity contribution is -0.117. The van der Waals surface area contributed by atoms with Gasteiger partial charge in [0.2, 0.25) is 0 Å². The minimum atomic E-state index is 0.0508. The van der Waals surface area contributed by atoms with E-state index in [0.29, 0.717) is 6.42 Å². The molecule has 0 aromatic carbocycles. The largest absolute Gasteiger partial charge is 0.349 e. The van der Waals surface area contributed by atoms with Crippen LogP contribution in [0.2, 0.25) is 0 Å². The summed E-state index contributed by atoms with van der Waals surface area (Å²) in [6.45, 7) is 5.94. The van der Waals surface area contributed by atoms with Gasteiger partial charge >= 0.3 is 0 Å². The summed E-state index contributed by atoms with van der Waals surface area (Å²) in [5.41, 5.74) is 0.0508. The van der Waals surface area contributed by atoms with Crippen molar-refractivity contribution in [1.29, 1.82) is 0 Å². The van der Waals surface area contributed by atoms with Crippen LogP contribution in [0.15, 0.2) is 24.5 Å². The first-order chi connectivity index (χ1) is 6.02. The number of carbonyl (C=O) groups is 1. The predicted octanol–water partition coefficient (Wildman–Crippen LogP) is 2.59.